The lowest BCUT2D eigenvalue weighted by Crippen LogP contribution is -2.37. The van der Waals surface area contributed by atoms with Gasteiger partial charge in [0.2, 0.25) is 17.7 Å². The molecule has 0 saturated carbocycles. The molecule has 7 atom stereocenters. The number of nitrogens with one attached hydrogen (secondary N) is 6. The van der Waals surface area contributed by atoms with E-state index in [2.05, 4.69) is 31.6 Å². The first kappa shape index (κ1) is 36.1. The minimum absolute atomic E-state index is 0.000500. The molecule has 4 rings (SSSR count). The summed E-state index contributed by atoms with van der Waals surface area (Å²) >= 11 is 1.83. The van der Waals surface area contributed by atoms with Crippen LogP contribution in [0.5, 0.6) is 0 Å². The molecule has 1 aromatic rings. The average Bonchev–Trinajstić information content (AvgIpc) is 3.68. The van der Waals surface area contributed by atoms with E-state index in [0.29, 0.717) is 31.1 Å². The van der Waals surface area contributed by atoms with E-state index in [1.54, 1.807) is 0 Å². The molecule has 5 amide bonds. The molecule has 3 aliphatic rings. The average molecular weight is 682 g/mol. The van der Waals surface area contributed by atoms with E-state index >= 15 is 0 Å². The third-order valence-electron chi connectivity index (χ3n) is 8.21. The fourth-order valence-corrected chi connectivity index (χ4v) is 7.21. The predicted octanol–water partition coefficient (Wildman–Crippen LogP) is -2.59. The van der Waals surface area contributed by atoms with Crippen molar-refractivity contribution in [2.75, 3.05) is 32.0 Å². The number of ether oxygens (including phenoxy) is 1. The number of urea groups is 1. The molecular weight excluding hydrogens is 638 g/mol. The van der Waals surface area contributed by atoms with Gasteiger partial charge in [-0.25, -0.2) is 9.59 Å². The summed E-state index contributed by atoms with van der Waals surface area (Å²) in [5.41, 5.74) is -1.87. The van der Waals surface area contributed by atoms with Crippen molar-refractivity contribution in [3.8, 4) is 0 Å². The van der Waals surface area contributed by atoms with E-state index in [1.165, 1.54) is 0 Å². The summed E-state index contributed by atoms with van der Waals surface area (Å²) in [6.45, 7) is 0.269. The van der Waals surface area contributed by atoms with Crippen molar-refractivity contribution < 1.29 is 39.2 Å². The molecule has 9 N–H and O–H groups in total. The van der Waals surface area contributed by atoms with Crippen molar-refractivity contribution in [1.29, 1.82) is 0 Å². The first-order valence-corrected chi connectivity index (χ1v) is 16.8. The lowest BCUT2D eigenvalue weighted by molar-refractivity contribution is -0.122. The molecule has 17 nitrogen and oxygen atoms in total. The Morgan fingerprint density at radius 3 is 2.43 bits per heavy atom. The SMILES string of the molecule is O=C(/C=C/n1cc([C@@H]2O[C@H](CO)[C@@H](O)[C@H]2O)c(=O)[nH]c1=O)NCCNC(=O)CCCCCNC(=O)CCC[C@@H]1SC[C@@H]2NC(=O)N[C@@H]21. The molecule has 4 heterocycles. The van der Waals surface area contributed by atoms with Crippen molar-refractivity contribution in [2.45, 2.75) is 86.7 Å². The normalized spacial score (nSPS) is 26.5. The number of hydrogen-bond acceptors (Lipinski definition) is 11. The first-order valence-electron chi connectivity index (χ1n) is 15.7. The summed E-state index contributed by atoms with van der Waals surface area (Å²) in [6.07, 6.45) is 2.42. The van der Waals surface area contributed by atoms with Gasteiger partial charge < -0.3 is 46.6 Å². The Labute approximate surface area is 274 Å². The number of H-pyrrole nitrogens is 1. The number of fused-ring (bicyclic) bond motifs is 1. The molecule has 3 fully saturated rings. The zero-order valence-corrected chi connectivity index (χ0v) is 26.6. The topological polar surface area (TPSA) is 253 Å². The second-order valence-corrected chi connectivity index (χ2v) is 12.9. The largest absolute Gasteiger partial charge is 0.394 e. The number of rotatable bonds is 17. The lowest BCUT2D eigenvalue weighted by Gasteiger charge is -2.16. The fraction of sp³-hybridized carbons (Fsp3) is 0.655. The highest BCUT2D eigenvalue weighted by Gasteiger charge is 2.44. The van der Waals surface area contributed by atoms with E-state index in [0.717, 1.165) is 54.5 Å². The monoisotopic (exact) mass is 681 g/mol. The maximum atomic E-state index is 12.3. The minimum Gasteiger partial charge on any atom is -0.394 e. The number of aliphatic hydroxyl groups is 3. The Morgan fingerprint density at radius 2 is 1.68 bits per heavy atom. The highest BCUT2D eigenvalue weighted by molar-refractivity contribution is 8.00. The molecule has 3 saturated heterocycles. The summed E-state index contributed by atoms with van der Waals surface area (Å²) in [5, 5.41) is 43.8. The number of hydrogen-bond donors (Lipinski definition) is 9. The van der Waals surface area contributed by atoms with Crippen LogP contribution in [0.2, 0.25) is 0 Å². The standard InChI is InChI=1S/C29H43N7O10S/c37-14-18-24(41)25(42)26(46-18)16-13-36(29(45)35-27(16)43)12-8-22(40)32-11-10-31-20(38)6-2-1-3-9-30-21(39)7-4-5-19-23-17(15-47-19)33-28(44)34-23/h8,12-13,17-19,23-26,37,41-42H,1-7,9-11,14-15H2,(H,30,39)(H,31,38)(H,32,40)(H2,33,34,44)(H,35,43,45)/b12-8+/t17-,18+,19-,23-,24+,25+,26-/m0/s1. The van der Waals surface area contributed by atoms with Crippen LogP contribution in [0.4, 0.5) is 4.79 Å². The van der Waals surface area contributed by atoms with E-state index < -0.39 is 48.2 Å². The third kappa shape index (κ3) is 10.1. The Kier molecular flexibility index (Phi) is 13.4. The molecule has 0 aliphatic carbocycles. The van der Waals surface area contributed by atoms with Crippen LogP contribution in [0.25, 0.3) is 6.20 Å². The van der Waals surface area contributed by atoms with Gasteiger partial charge in [0.15, 0.2) is 0 Å². The second kappa shape index (κ2) is 17.4. The van der Waals surface area contributed by atoms with Gasteiger partial charge in [-0.05, 0) is 25.7 Å². The number of nitrogens with zero attached hydrogens (tertiary/aromatic N) is 1. The van der Waals surface area contributed by atoms with E-state index in [1.807, 2.05) is 11.8 Å². The molecule has 47 heavy (non-hydrogen) atoms. The maximum Gasteiger partial charge on any atom is 0.332 e. The van der Waals surface area contributed by atoms with Crippen molar-refractivity contribution in [2.24, 2.45) is 0 Å². The van der Waals surface area contributed by atoms with Crippen LogP contribution < -0.4 is 37.8 Å². The van der Waals surface area contributed by atoms with Crippen molar-refractivity contribution in [3.05, 3.63) is 38.7 Å². The van der Waals surface area contributed by atoms with Crippen LogP contribution in [0, 0.1) is 0 Å². The molecule has 3 aliphatic heterocycles. The van der Waals surface area contributed by atoms with Crippen LogP contribution in [0.3, 0.4) is 0 Å². The molecule has 0 spiro atoms. The van der Waals surface area contributed by atoms with Crippen LogP contribution in [0.15, 0.2) is 21.9 Å². The Balaban J connectivity index is 1.03. The fourth-order valence-electron chi connectivity index (χ4n) is 5.66. The molecule has 260 valence electrons. The predicted molar refractivity (Wildman–Crippen MR) is 170 cm³/mol. The summed E-state index contributed by atoms with van der Waals surface area (Å²) in [5.74, 6) is 0.155. The molecule has 0 unspecified atom stereocenters. The third-order valence-corrected chi connectivity index (χ3v) is 9.72. The minimum atomic E-state index is -1.51. The van der Waals surface area contributed by atoms with Crippen LogP contribution in [-0.4, -0.2) is 116 Å². The van der Waals surface area contributed by atoms with Gasteiger partial charge in [-0.15, -0.1) is 0 Å². The summed E-state index contributed by atoms with van der Waals surface area (Å²) < 4.78 is 6.25. The lowest BCUT2D eigenvalue weighted by atomic mass is 10.0. The van der Waals surface area contributed by atoms with Crippen LogP contribution >= 0.6 is 11.8 Å². The highest BCUT2D eigenvalue weighted by Crippen LogP contribution is 2.33. The van der Waals surface area contributed by atoms with Crippen molar-refractivity contribution in [1.82, 2.24) is 36.1 Å². The van der Waals surface area contributed by atoms with Gasteiger partial charge in [0.25, 0.3) is 5.56 Å². The highest BCUT2D eigenvalue weighted by atomic mass is 32.2. The van der Waals surface area contributed by atoms with Gasteiger partial charge >= 0.3 is 11.7 Å². The number of carbonyl (C=O) groups is 4. The van der Waals surface area contributed by atoms with Gasteiger partial charge in [-0.3, -0.25) is 28.7 Å². The zero-order valence-electron chi connectivity index (χ0n) is 25.8. The van der Waals surface area contributed by atoms with Crippen molar-refractivity contribution in [3.63, 3.8) is 0 Å². The number of amides is 5. The Bertz CT molecular complexity index is 1420. The van der Waals surface area contributed by atoms with Gasteiger partial charge in [0, 0.05) is 62.0 Å². The quantitative estimate of drug-likeness (QED) is 0.0468. The second-order valence-electron chi connectivity index (χ2n) is 11.6. The number of aliphatic hydroxyl groups excluding tert-OH is 3. The summed E-state index contributed by atoms with van der Waals surface area (Å²) in [7, 11) is 0. The van der Waals surface area contributed by atoms with Gasteiger partial charge in [0.1, 0.15) is 24.4 Å². The molecule has 0 bridgehead atoms. The molecule has 0 aromatic carbocycles. The zero-order chi connectivity index (χ0) is 33.9. The molecule has 0 radical (unpaired) electrons. The number of carbonyl (C=O) groups excluding carboxylic acids is 4. The van der Waals surface area contributed by atoms with Crippen LogP contribution in [-0.2, 0) is 19.1 Å². The smallest absolute Gasteiger partial charge is 0.332 e. The van der Waals surface area contributed by atoms with Crippen LogP contribution in [0.1, 0.15) is 56.6 Å². The Morgan fingerprint density at radius 1 is 0.957 bits per heavy atom. The Hall–Kier alpha value is -3.71. The summed E-state index contributed by atoms with van der Waals surface area (Å²) in [6, 6.07) is 0.208. The molecular formula is C29H43N7O10S. The molecule has 1 aromatic heterocycles. The molecule has 18 heteroatoms. The van der Waals surface area contributed by atoms with Gasteiger partial charge in [-0.1, -0.05) is 6.42 Å². The number of thioether (sulfide) groups is 1. The van der Waals surface area contributed by atoms with Gasteiger partial charge in [-0.2, -0.15) is 11.8 Å². The number of aromatic nitrogens is 2. The number of aromatic amines is 1. The van der Waals surface area contributed by atoms with Crippen molar-refractivity contribution >= 4 is 41.7 Å². The van der Waals surface area contributed by atoms with E-state index in [-0.39, 0.29) is 48.6 Å². The number of unbranched alkanes of at least 4 members (excludes halogenated alkanes) is 2. The maximum absolute atomic E-state index is 12.3. The summed E-state index contributed by atoms with van der Waals surface area (Å²) in [4.78, 5) is 74.3. The first-order chi connectivity index (χ1) is 22.6. The van der Waals surface area contributed by atoms with E-state index in [4.69, 9.17) is 4.74 Å². The van der Waals surface area contributed by atoms with Gasteiger partial charge in [0.05, 0.1) is 24.3 Å². The van der Waals surface area contributed by atoms with E-state index in [9.17, 15) is 44.1 Å².